The maximum absolute atomic E-state index is 12.8. The Balaban J connectivity index is 0.000000500. The molecule has 0 aromatic heterocycles. The van der Waals surface area contributed by atoms with E-state index in [0.717, 1.165) is 76.8 Å². The van der Waals surface area contributed by atoms with E-state index in [1.165, 1.54) is 21.0 Å². The molecule has 2 aromatic carbocycles. The number of rotatable bonds is 9. The number of carboxylic acid groups (broad SMARTS) is 2. The number of carbonyl (C=O) groups excluding carboxylic acids is 1. The van der Waals surface area contributed by atoms with Crippen LogP contribution in [0.15, 0.2) is 47.4 Å². The lowest BCUT2D eigenvalue weighted by molar-refractivity contribution is -0.193. The number of hydrogen-bond donors (Lipinski definition) is 3. The van der Waals surface area contributed by atoms with E-state index in [2.05, 4.69) is 22.3 Å². The number of hydrogen-bond acceptors (Lipinski definition) is 7. The molecule has 2 aliphatic heterocycles. The van der Waals surface area contributed by atoms with Crippen molar-refractivity contribution < 1.29 is 59.4 Å². The molecule has 2 aliphatic rings. The van der Waals surface area contributed by atoms with Crippen LogP contribution in [-0.2, 0) is 38.9 Å². The van der Waals surface area contributed by atoms with Crippen molar-refractivity contribution in [2.75, 3.05) is 46.8 Å². The maximum atomic E-state index is 12.8. The number of halogens is 6. The predicted octanol–water partition coefficient (Wildman–Crippen LogP) is 4.81. The smallest absolute Gasteiger partial charge is 0.475 e. The van der Waals surface area contributed by atoms with Gasteiger partial charge in [-0.1, -0.05) is 24.3 Å². The van der Waals surface area contributed by atoms with E-state index in [1.54, 1.807) is 26.2 Å². The van der Waals surface area contributed by atoms with Gasteiger partial charge >= 0.3 is 24.3 Å². The first-order valence-electron chi connectivity index (χ1n) is 15.4. The van der Waals surface area contributed by atoms with Crippen molar-refractivity contribution in [3.63, 3.8) is 0 Å². The molecule has 1 saturated heterocycles. The number of likely N-dealkylation sites (tertiary alicyclic amines) is 1. The Hall–Kier alpha value is -3.54. The lowest BCUT2D eigenvalue weighted by Gasteiger charge is -2.32. The van der Waals surface area contributed by atoms with Crippen molar-refractivity contribution in [3.8, 4) is 0 Å². The van der Waals surface area contributed by atoms with Gasteiger partial charge in [0, 0.05) is 26.1 Å². The fourth-order valence-electron chi connectivity index (χ4n) is 5.21. The van der Waals surface area contributed by atoms with Crippen molar-refractivity contribution in [1.29, 1.82) is 0 Å². The van der Waals surface area contributed by atoms with Crippen LogP contribution in [0.1, 0.15) is 52.7 Å². The summed E-state index contributed by atoms with van der Waals surface area (Å²) in [5, 5.41) is 17.7. The molecule has 0 aliphatic carbocycles. The van der Waals surface area contributed by atoms with E-state index in [9.17, 15) is 39.6 Å². The molecular weight excluding hydrogens is 684 g/mol. The standard InChI is InChI=1S/C28H39N3O3S.2C2HF3O2/c1-30(2)35(33,34)27-9-5-22(6-10-27)20-23-13-18-31(19-14-23)17-3-4-28(32)26-8-7-24-11-15-29-16-12-25(24)21-26;2*3-2(4,5)1(6)7/h5-10,21,23,29H,3-4,11-20H2,1-2H3;2*(H,6,7). The Bertz CT molecular complexity index is 1480. The van der Waals surface area contributed by atoms with Crippen LogP contribution in [0.2, 0.25) is 0 Å². The van der Waals surface area contributed by atoms with Gasteiger partial charge in [-0.25, -0.2) is 22.3 Å². The highest BCUT2D eigenvalue weighted by Gasteiger charge is 2.39. The molecule has 274 valence electrons. The second kappa shape index (κ2) is 18.5. The summed E-state index contributed by atoms with van der Waals surface area (Å²) in [6.45, 7) is 5.12. The highest BCUT2D eigenvalue weighted by Crippen LogP contribution is 2.24. The molecule has 0 unspecified atom stereocenters. The third kappa shape index (κ3) is 14.1. The first-order chi connectivity index (χ1) is 22.7. The van der Waals surface area contributed by atoms with Gasteiger partial charge in [0.1, 0.15) is 0 Å². The maximum Gasteiger partial charge on any atom is 0.490 e. The van der Waals surface area contributed by atoms with E-state index in [1.807, 2.05) is 18.2 Å². The Morgan fingerprint density at radius 1 is 0.857 bits per heavy atom. The molecule has 0 saturated carbocycles. The molecule has 0 amide bonds. The van der Waals surface area contributed by atoms with Crippen molar-refractivity contribution in [2.24, 2.45) is 5.92 Å². The Morgan fingerprint density at radius 3 is 1.86 bits per heavy atom. The lowest BCUT2D eigenvalue weighted by atomic mass is 9.90. The largest absolute Gasteiger partial charge is 0.490 e. The molecule has 10 nitrogen and oxygen atoms in total. The molecular formula is C32H41F6N3O7S. The number of benzene rings is 2. The van der Waals surface area contributed by atoms with Crippen molar-refractivity contribution in [1.82, 2.24) is 14.5 Å². The summed E-state index contributed by atoms with van der Waals surface area (Å²) < 4.78 is 89.2. The van der Waals surface area contributed by atoms with E-state index < -0.39 is 34.3 Å². The van der Waals surface area contributed by atoms with E-state index in [-0.39, 0.29) is 5.78 Å². The van der Waals surface area contributed by atoms with E-state index in [4.69, 9.17) is 19.8 Å². The van der Waals surface area contributed by atoms with Gasteiger partial charge < -0.3 is 20.4 Å². The van der Waals surface area contributed by atoms with Crippen molar-refractivity contribution in [3.05, 3.63) is 64.7 Å². The Kier molecular flexibility index (Phi) is 15.7. The number of carbonyl (C=O) groups is 3. The van der Waals surface area contributed by atoms with Gasteiger partial charge in [0.05, 0.1) is 4.90 Å². The Labute approximate surface area is 281 Å². The first kappa shape index (κ1) is 41.6. The molecule has 0 spiro atoms. The molecule has 0 radical (unpaired) electrons. The number of aliphatic carboxylic acids is 2. The fourth-order valence-corrected chi connectivity index (χ4v) is 6.11. The molecule has 2 aromatic rings. The molecule has 3 N–H and O–H groups in total. The van der Waals surface area contributed by atoms with Crippen LogP contribution in [-0.4, -0.2) is 105 Å². The van der Waals surface area contributed by atoms with Gasteiger partial charge in [-0.3, -0.25) is 4.79 Å². The van der Waals surface area contributed by atoms with Crippen LogP contribution in [0.3, 0.4) is 0 Å². The zero-order valence-corrected chi connectivity index (χ0v) is 27.9. The monoisotopic (exact) mass is 725 g/mol. The molecule has 4 rings (SSSR count). The molecule has 17 heteroatoms. The molecule has 1 fully saturated rings. The number of fused-ring (bicyclic) bond motifs is 1. The van der Waals surface area contributed by atoms with Crippen LogP contribution in [0, 0.1) is 5.92 Å². The zero-order chi connectivity index (χ0) is 37.0. The summed E-state index contributed by atoms with van der Waals surface area (Å²) in [7, 11) is -0.262. The average Bonchev–Trinajstić information content (AvgIpc) is 3.27. The number of carboxylic acids is 2. The highest BCUT2D eigenvalue weighted by molar-refractivity contribution is 7.89. The Morgan fingerprint density at radius 2 is 1.37 bits per heavy atom. The number of nitrogens with zero attached hydrogens (tertiary/aromatic N) is 2. The average molecular weight is 726 g/mol. The number of Topliss-reactive ketones (excluding diaryl/α,β-unsaturated/α-hetero) is 1. The minimum Gasteiger partial charge on any atom is -0.475 e. The van der Waals surface area contributed by atoms with Crippen LogP contribution in [0.25, 0.3) is 0 Å². The number of sulfonamides is 1. The van der Waals surface area contributed by atoms with E-state index in [0.29, 0.717) is 17.2 Å². The first-order valence-corrected chi connectivity index (χ1v) is 16.9. The summed E-state index contributed by atoms with van der Waals surface area (Å²) in [6, 6.07) is 13.6. The van der Waals surface area contributed by atoms with Gasteiger partial charge in [-0.2, -0.15) is 26.3 Å². The van der Waals surface area contributed by atoms with Gasteiger partial charge in [0.2, 0.25) is 10.0 Å². The van der Waals surface area contributed by atoms with Gasteiger partial charge in [-0.05, 0) is 112 Å². The van der Waals surface area contributed by atoms with Crippen molar-refractivity contribution >= 4 is 27.7 Å². The summed E-state index contributed by atoms with van der Waals surface area (Å²) in [5.74, 6) is -4.63. The second-order valence-corrected chi connectivity index (χ2v) is 13.9. The van der Waals surface area contributed by atoms with Crippen LogP contribution < -0.4 is 5.32 Å². The second-order valence-electron chi connectivity index (χ2n) is 11.8. The minimum atomic E-state index is -5.08. The van der Waals surface area contributed by atoms with Gasteiger partial charge in [0.15, 0.2) is 5.78 Å². The van der Waals surface area contributed by atoms with Crippen LogP contribution >= 0.6 is 0 Å². The zero-order valence-electron chi connectivity index (χ0n) is 27.1. The van der Waals surface area contributed by atoms with Crippen LogP contribution in [0.5, 0.6) is 0 Å². The third-order valence-electron chi connectivity index (χ3n) is 7.97. The summed E-state index contributed by atoms with van der Waals surface area (Å²) in [4.78, 5) is 33.4. The quantitative estimate of drug-likeness (QED) is 0.245. The topological polar surface area (TPSA) is 144 Å². The van der Waals surface area contributed by atoms with E-state index >= 15 is 0 Å². The van der Waals surface area contributed by atoms with Gasteiger partial charge in [0.25, 0.3) is 0 Å². The summed E-state index contributed by atoms with van der Waals surface area (Å²) >= 11 is 0. The molecule has 0 atom stereocenters. The van der Waals surface area contributed by atoms with Crippen LogP contribution in [0.4, 0.5) is 26.3 Å². The normalized spacial score (nSPS) is 15.9. The number of nitrogens with one attached hydrogen (secondary N) is 1. The van der Waals surface area contributed by atoms with Gasteiger partial charge in [-0.15, -0.1) is 0 Å². The molecule has 2 heterocycles. The number of ketones is 1. The lowest BCUT2D eigenvalue weighted by Crippen LogP contribution is -2.35. The summed E-state index contributed by atoms with van der Waals surface area (Å²) in [6.07, 6.45) is -3.32. The summed E-state index contributed by atoms with van der Waals surface area (Å²) in [5.41, 5.74) is 4.78. The highest BCUT2D eigenvalue weighted by atomic mass is 32.2. The van der Waals surface area contributed by atoms with Crippen molar-refractivity contribution in [2.45, 2.75) is 62.2 Å². The SMILES string of the molecule is CN(C)S(=O)(=O)c1ccc(CC2CCN(CCCC(=O)c3ccc4c(c3)CCNCC4)CC2)cc1.O=C(O)C(F)(F)F.O=C(O)C(F)(F)F. The molecule has 0 bridgehead atoms. The molecule has 49 heavy (non-hydrogen) atoms. The predicted molar refractivity (Wildman–Crippen MR) is 168 cm³/mol. The fraction of sp³-hybridized carbons (Fsp3) is 0.531. The minimum absolute atomic E-state index is 0.264. The number of alkyl halides is 6. The third-order valence-corrected chi connectivity index (χ3v) is 9.80. The number of piperidine rings is 1.